The number of nitrogens with zero attached hydrogens (tertiary/aromatic N) is 1. The molecule has 0 aliphatic heterocycles. The number of esters is 1. The van der Waals surface area contributed by atoms with Crippen molar-refractivity contribution in [3.05, 3.63) is 84.4 Å². The van der Waals surface area contributed by atoms with Crippen LogP contribution in [0, 0.1) is 0 Å². The summed E-state index contributed by atoms with van der Waals surface area (Å²) in [4.78, 5) is 28.9. The molecule has 0 saturated heterocycles. The summed E-state index contributed by atoms with van der Waals surface area (Å²) < 4.78 is 5.34. The van der Waals surface area contributed by atoms with Gasteiger partial charge >= 0.3 is 12.0 Å². The van der Waals surface area contributed by atoms with Crippen LogP contribution >= 0.6 is 11.8 Å². The van der Waals surface area contributed by atoms with Gasteiger partial charge in [0.1, 0.15) is 5.75 Å². The van der Waals surface area contributed by atoms with Crippen molar-refractivity contribution in [2.45, 2.75) is 75.0 Å². The molecule has 0 aromatic heterocycles. The average Bonchev–Trinajstić information content (AvgIpc) is 2.93. The van der Waals surface area contributed by atoms with Crippen molar-refractivity contribution < 1.29 is 14.3 Å². The summed E-state index contributed by atoms with van der Waals surface area (Å²) in [6, 6.07) is 25.9. The molecule has 0 bridgehead atoms. The van der Waals surface area contributed by atoms with E-state index in [1.807, 2.05) is 66.4 Å². The highest BCUT2D eigenvalue weighted by Crippen LogP contribution is 2.30. The van der Waals surface area contributed by atoms with Gasteiger partial charge in [0.15, 0.2) is 0 Å². The third-order valence-corrected chi connectivity index (χ3v) is 7.17. The Bertz CT molecular complexity index is 1100. The summed E-state index contributed by atoms with van der Waals surface area (Å²) in [6.45, 7) is 5.47. The largest absolute Gasteiger partial charge is 0.427 e. The van der Waals surface area contributed by atoms with Gasteiger partial charge in [-0.25, -0.2) is 4.79 Å². The zero-order chi connectivity index (χ0) is 27.0. The normalized spacial score (nSPS) is 10.7. The van der Waals surface area contributed by atoms with E-state index in [2.05, 4.69) is 36.5 Å². The van der Waals surface area contributed by atoms with E-state index in [-0.39, 0.29) is 12.0 Å². The zero-order valence-electron chi connectivity index (χ0n) is 22.7. The van der Waals surface area contributed by atoms with E-state index in [0.29, 0.717) is 25.3 Å². The van der Waals surface area contributed by atoms with Crippen molar-refractivity contribution in [1.29, 1.82) is 0 Å². The monoisotopic (exact) mass is 532 g/mol. The molecule has 0 aliphatic carbocycles. The fraction of sp³-hybridized carbons (Fsp3) is 0.375. The van der Waals surface area contributed by atoms with Crippen LogP contribution in [0.3, 0.4) is 0 Å². The van der Waals surface area contributed by atoms with E-state index in [1.165, 1.54) is 24.8 Å². The Morgan fingerprint density at radius 2 is 1.45 bits per heavy atom. The number of carbonyl (C=O) groups excluding carboxylic acids is 2. The predicted molar refractivity (Wildman–Crippen MR) is 157 cm³/mol. The van der Waals surface area contributed by atoms with Gasteiger partial charge in [-0.3, -0.25) is 9.69 Å². The molecule has 0 unspecified atom stereocenters. The fourth-order valence-electron chi connectivity index (χ4n) is 4.07. The first kappa shape index (κ1) is 29.3. The van der Waals surface area contributed by atoms with Crippen molar-refractivity contribution in [3.8, 4) is 5.75 Å². The number of nitrogens with one attached hydrogen (secondary N) is 1. The minimum absolute atomic E-state index is 0.0509. The first-order valence-electron chi connectivity index (χ1n) is 13.8. The summed E-state index contributed by atoms with van der Waals surface area (Å²) in [7, 11) is 0. The van der Waals surface area contributed by atoms with Crippen molar-refractivity contribution >= 4 is 29.4 Å². The van der Waals surface area contributed by atoms with E-state index < -0.39 is 0 Å². The fourth-order valence-corrected chi connectivity index (χ4v) is 4.88. The number of urea groups is 1. The van der Waals surface area contributed by atoms with Crippen molar-refractivity contribution in [3.63, 3.8) is 0 Å². The summed E-state index contributed by atoms with van der Waals surface area (Å²) in [5.41, 5.74) is 2.12. The molecular weight excluding hydrogens is 492 g/mol. The topological polar surface area (TPSA) is 58.6 Å². The minimum atomic E-state index is -0.206. The first-order chi connectivity index (χ1) is 18.6. The molecule has 3 aromatic rings. The molecule has 0 saturated carbocycles. The van der Waals surface area contributed by atoms with E-state index in [4.69, 9.17) is 4.74 Å². The highest BCUT2D eigenvalue weighted by molar-refractivity contribution is 7.99. The third kappa shape index (κ3) is 10.3. The van der Waals surface area contributed by atoms with Crippen LogP contribution in [0.15, 0.2) is 88.7 Å². The second-order valence-electron chi connectivity index (χ2n) is 9.32. The van der Waals surface area contributed by atoms with E-state index in [9.17, 15) is 9.59 Å². The van der Waals surface area contributed by atoms with Crippen LogP contribution in [-0.4, -0.2) is 25.1 Å². The van der Waals surface area contributed by atoms with Gasteiger partial charge in [-0.2, -0.15) is 0 Å². The van der Waals surface area contributed by atoms with Gasteiger partial charge in [-0.1, -0.05) is 81.6 Å². The molecule has 0 aliphatic rings. The van der Waals surface area contributed by atoms with Crippen LogP contribution in [0.5, 0.6) is 5.75 Å². The molecule has 0 radical (unpaired) electrons. The standard InChI is InChI=1S/C32H40N2O3S/c1-3-5-6-7-11-25-34(32(36)33-24-23-26-13-9-8-10-14-26)27-15-19-29(20-16-27)38-30-21-17-28(18-22-30)37-31(35)12-4-2/h8-10,13-22H,3-7,11-12,23-25H2,1-2H3,(H,33,36). The maximum Gasteiger partial charge on any atom is 0.321 e. The first-order valence-corrected chi connectivity index (χ1v) is 14.6. The van der Waals surface area contributed by atoms with Crippen LogP contribution in [0.1, 0.15) is 64.4 Å². The van der Waals surface area contributed by atoms with Crippen LogP contribution in [0.4, 0.5) is 10.5 Å². The number of benzene rings is 3. The van der Waals surface area contributed by atoms with Crippen LogP contribution in [0.25, 0.3) is 0 Å². The summed E-state index contributed by atoms with van der Waals surface area (Å²) in [5, 5.41) is 3.11. The lowest BCUT2D eigenvalue weighted by Gasteiger charge is -2.24. The molecule has 6 heteroatoms. The Balaban J connectivity index is 1.59. The van der Waals surface area contributed by atoms with Gasteiger partial charge in [0.2, 0.25) is 0 Å². The number of hydrogen-bond donors (Lipinski definition) is 1. The van der Waals surface area contributed by atoms with Crippen LogP contribution in [-0.2, 0) is 11.2 Å². The van der Waals surface area contributed by atoms with Crippen LogP contribution in [0.2, 0.25) is 0 Å². The molecule has 202 valence electrons. The van der Waals surface area contributed by atoms with E-state index in [0.717, 1.165) is 41.2 Å². The third-order valence-electron chi connectivity index (χ3n) is 6.16. The van der Waals surface area contributed by atoms with E-state index >= 15 is 0 Å². The molecule has 5 nitrogen and oxygen atoms in total. The molecule has 0 atom stereocenters. The lowest BCUT2D eigenvalue weighted by Crippen LogP contribution is -2.41. The van der Waals surface area contributed by atoms with Gasteiger partial charge in [0.05, 0.1) is 0 Å². The number of rotatable bonds is 15. The molecule has 0 fully saturated rings. The van der Waals surface area contributed by atoms with Gasteiger partial charge in [-0.05, 0) is 73.4 Å². The maximum absolute atomic E-state index is 13.2. The molecule has 3 aromatic carbocycles. The smallest absolute Gasteiger partial charge is 0.321 e. The van der Waals surface area contributed by atoms with Crippen molar-refractivity contribution in [1.82, 2.24) is 5.32 Å². The average molecular weight is 533 g/mol. The van der Waals surface area contributed by atoms with Crippen molar-refractivity contribution in [2.24, 2.45) is 0 Å². The molecular formula is C32H40N2O3S. The molecule has 0 heterocycles. The number of amides is 2. The zero-order valence-corrected chi connectivity index (χ0v) is 23.5. The molecule has 1 N–H and O–H groups in total. The van der Waals surface area contributed by atoms with Crippen LogP contribution < -0.4 is 15.0 Å². The Hall–Kier alpha value is -3.25. The van der Waals surface area contributed by atoms with Gasteiger partial charge in [0.25, 0.3) is 0 Å². The quantitative estimate of drug-likeness (QED) is 0.122. The highest BCUT2D eigenvalue weighted by atomic mass is 32.2. The summed E-state index contributed by atoms with van der Waals surface area (Å²) in [5.74, 6) is 0.360. The number of anilines is 1. The van der Waals surface area contributed by atoms with Crippen molar-refractivity contribution in [2.75, 3.05) is 18.0 Å². The maximum atomic E-state index is 13.2. The Labute approximate surface area is 232 Å². The second-order valence-corrected chi connectivity index (χ2v) is 10.5. The number of hydrogen-bond acceptors (Lipinski definition) is 4. The molecule has 38 heavy (non-hydrogen) atoms. The van der Waals surface area contributed by atoms with E-state index in [1.54, 1.807) is 11.8 Å². The summed E-state index contributed by atoms with van der Waals surface area (Å²) in [6.07, 6.45) is 7.75. The second kappa shape index (κ2) is 16.6. The van der Waals surface area contributed by atoms with Gasteiger partial charge in [0, 0.05) is 35.0 Å². The predicted octanol–water partition coefficient (Wildman–Crippen LogP) is 8.27. The van der Waals surface area contributed by atoms with Gasteiger partial charge < -0.3 is 10.1 Å². The lowest BCUT2D eigenvalue weighted by atomic mass is 10.1. The highest BCUT2D eigenvalue weighted by Gasteiger charge is 2.15. The lowest BCUT2D eigenvalue weighted by molar-refractivity contribution is -0.134. The SMILES string of the molecule is CCCCCCCN(C(=O)NCCc1ccccc1)c1ccc(Sc2ccc(OC(=O)CCC)cc2)cc1. The van der Waals surface area contributed by atoms with Gasteiger partial charge in [-0.15, -0.1) is 0 Å². The number of carbonyl (C=O) groups is 2. The minimum Gasteiger partial charge on any atom is -0.427 e. The number of ether oxygens (including phenoxy) is 1. The molecule has 3 rings (SSSR count). The Kier molecular flexibility index (Phi) is 12.8. The number of unbranched alkanes of at least 4 members (excludes halogenated alkanes) is 4. The molecule has 0 spiro atoms. The molecule has 2 amide bonds. The Morgan fingerprint density at radius 1 is 0.789 bits per heavy atom. The summed E-state index contributed by atoms with van der Waals surface area (Å²) >= 11 is 1.63. The Morgan fingerprint density at radius 3 is 2.11 bits per heavy atom.